The zero-order chi connectivity index (χ0) is 18.9. The number of furan rings is 1. The Morgan fingerprint density at radius 1 is 1.14 bits per heavy atom. The molecule has 6 nitrogen and oxygen atoms in total. The Hall–Kier alpha value is -2.29. The van der Waals surface area contributed by atoms with E-state index in [0.717, 1.165) is 31.1 Å². The second-order valence-electron chi connectivity index (χ2n) is 6.46. The molecule has 0 bridgehead atoms. The summed E-state index contributed by atoms with van der Waals surface area (Å²) in [4.78, 5) is 4.72. The minimum absolute atomic E-state index is 0. The quantitative estimate of drug-likeness (QED) is 0.285. The van der Waals surface area contributed by atoms with E-state index < -0.39 is 0 Å². The maximum atomic E-state index is 5.39. The van der Waals surface area contributed by atoms with Gasteiger partial charge in [-0.25, -0.2) is 0 Å². The fourth-order valence-electron chi connectivity index (χ4n) is 2.87. The number of nitrogens with zero attached hydrogens (tertiary/aromatic N) is 3. The minimum Gasteiger partial charge on any atom is -0.469 e. The molecule has 0 saturated heterocycles. The number of nitrogens with one attached hydrogen (secondary N) is 2. The van der Waals surface area contributed by atoms with Crippen molar-refractivity contribution in [3.05, 3.63) is 78.0 Å². The lowest BCUT2D eigenvalue weighted by Gasteiger charge is -2.19. The highest BCUT2D eigenvalue weighted by molar-refractivity contribution is 14.0. The first-order chi connectivity index (χ1) is 13.2. The van der Waals surface area contributed by atoms with Gasteiger partial charge in [-0.1, -0.05) is 30.3 Å². The summed E-state index contributed by atoms with van der Waals surface area (Å²) in [6, 6.07) is 16.5. The van der Waals surface area contributed by atoms with Crippen LogP contribution in [0.25, 0.3) is 0 Å². The molecule has 0 radical (unpaired) electrons. The summed E-state index contributed by atoms with van der Waals surface area (Å²) in [5, 5.41) is 11.1. The van der Waals surface area contributed by atoms with Crippen molar-refractivity contribution in [1.29, 1.82) is 0 Å². The second-order valence-corrected chi connectivity index (χ2v) is 6.46. The van der Waals surface area contributed by atoms with Crippen LogP contribution in [0.15, 0.2) is 70.4 Å². The summed E-state index contributed by atoms with van der Waals surface area (Å²) in [7, 11) is 1.96. The van der Waals surface area contributed by atoms with Gasteiger partial charge in [0.2, 0.25) is 0 Å². The Balaban J connectivity index is 0.00000280. The summed E-state index contributed by atoms with van der Waals surface area (Å²) < 4.78 is 7.29. The topological polar surface area (TPSA) is 67.4 Å². The van der Waals surface area contributed by atoms with Crippen LogP contribution in [0.1, 0.15) is 30.0 Å². The number of aromatic nitrogens is 2. The fourth-order valence-corrected chi connectivity index (χ4v) is 2.87. The molecule has 0 aliphatic carbocycles. The van der Waals surface area contributed by atoms with E-state index in [1.165, 1.54) is 11.3 Å². The average Bonchev–Trinajstić information content (AvgIpc) is 3.34. The van der Waals surface area contributed by atoms with E-state index in [2.05, 4.69) is 46.9 Å². The fraction of sp³-hybridized carbons (Fsp3) is 0.333. The van der Waals surface area contributed by atoms with Crippen molar-refractivity contribution in [2.45, 2.75) is 25.8 Å². The molecule has 1 aromatic carbocycles. The molecule has 0 amide bonds. The first kappa shape index (κ1) is 22.0. The van der Waals surface area contributed by atoms with Gasteiger partial charge in [0.25, 0.3) is 0 Å². The van der Waals surface area contributed by atoms with E-state index in [4.69, 9.17) is 9.41 Å². The Morgan fingerprint density at radius 3 is 2.64 bits per heavy atom. The van der Waals surface area contributed by atoms with Gasteiger partial charge in [-0.15, -0.1) is 24.0 Å². The van der Waals surface area contributed by atoms with E-state index in [-0.39, 0.29) is 30.0 Å². The third-order valence-electron chi connectivity index (χ3n) is 4.46. The zero-order valence-electron chi connectivity index (χ0n) is 16.3. The summed E-state index contributed by atoms with van der Waals surface area (Å²) in [6.45, 7) is 3.59. The van der Waals surface area contributed by atoms with Gasteiger partial charge in [-0.05, 0) is 30.7 Å². The number of aliphatic imine (C=N–C) groups is 1. The van der Waals surface area contributed by atoms with E-state index in [1.807, 2.05) is 42.2 Å². The van der Waals surface area contributed by atoms with Gasteiger partial charge in [0.1, 0.15) is 5.76 Å². The van der Waals surface area contributed by atoms with E-state index >= 15 is 0 Å². The van der Waals surface area contributed by atoms with Crippen molar-refractivity contribution < 1.29 is 4.42 Å². The van der Waals surface area contributed by atoms with Crippen LogP contribution in [0.5, 0.6) is 0 Å². The SMILES string of the molecule is CC(NC(=NCCc1ccco1)NCCc1ccnn1C)c1ccccc1.I. The predicted molar refractivity (Wildman–Crippen MR) is 123 cm³/mol. The number of benzene rings is 1. The first-order valence-electron chi connectivity index (χ1n) is 9.31. The van der Waals surface area contributed by atoms with Crippen LogP contribution >= 0.6 is 24.0 Å². The predicted octanol–water partition coefficient (Wildman–Crippen LogP) is 3.71. The molecule has 2 heterocycles. The maximum Gasteiger partial charge on any atom is 0.191 e. The molecule has 7 heteroatoms. The smallest absolute Gasteiger partial charge is 0.191 e. The number of halogens is 1. The molecular formula is C21H28IN5O. The lowest BCUT2D eigenvalue weighted by Crippen LogP contribution is -2.40. The van der Waals surface area contributed by atoms with Crippen molar-refractivity contribution in [2.75, 3.05) is 13.1 Å². The number of aryl methyl sites for hydroxylation is 1. The molecular weight excluding hydrogens is 465 g/mol. The third kappa shape index (κ3) is 6.70. The summed E-state index contributed by atoms with van der Waals surface area (Å²) >= 11 is 0. The molecule has 1 unspecified atom stereocenters. The number of guanidine groups is 1. The summed E-state index contributed by atoms with van der Waals surface area (Å²) in [5.74, 6) is 1.75. The first-order valence-corrected chi connectivity index (χ1v) is 9.31. The van der Waals surface area contributed by atoms with Crippen LogP contribution in [0.3, 0.4) is 0 Å². The molecule has 1 atom stereocenters. The summed E-state index contributed by atoms with van der Waals surface area (Å²) in [6.07, 6.45) is 5.18. The van der Waals surface area contributed by atoms with Gasteiger partial charge in [0.15, 0.2) is 5.96 Å². The molecule has 150 valence electrons. The van der Waals surface area contributed by atoms with Crippen LogP contribution < -0.4 is 10.6 Å². The Morgan fingerprint density at radius 2 is 1.96 bits per heavy atom. The third-order valence-corrected chi connectivity index (χ3v) is 4.46. The summed E-state index contributed by atoms with van der Waals surface area (Å²) in [5.41, 5.74) is 2.42. The largest absolute Gasteiger partial charge is 0.469 e. The normalized spacial score (nSPS) is 12.3. The molecule has 0 saturated carbocycles. The second kappa shape index (κ2) is 11.5. The van der Waals surface area contributed by atoms with Crippen molar-refractivity contribution >= 4 is 29.9 Å². The monoisotopic (exact) mass is 493 g/mol. The average molecular weight is 493 g/mol. The number of hydrogen-bond donors (Lipinski definition) is 2. The molecule has 28 heavy (non-hydrogen) atoms. The number of rotatable bonds is 8. The van der Waals surface area contributed by atoms with Gasteiger partial charge in [0.05, 0.1) is 12.3 Å². The van der Waals surface area contributed by atoms with Crippen molar-refractivity contribution in [3.63, 3.8) is 0 Å². The van der Waals surface area contributed by atoms with E-state index in [0.29, 0.717) is 6.54 Å². The Bertz CT molecular complexity index is 830. The standard InChI is InChI=1S/C21H27N5O.HI/c1-17(18-7-4-3-5-8-18)25-21(23-14-12-20-9-6-16-27-20)22-13-10-19-11-15-24-26(19)2;/h3-9,11,15-17H,10,12-14H2,1-2H3,(H2,22,23,25);1H. The van der Waals surface area contributed by atoms with Gasteiger partial charge >= 0.3 is 0 Å². The molecule has 3 rings (SSSR count). The van der Waals surface area contributed by atoms with E-state index in [1.54, 1.807) is 6.26 Å². The zero-order valence-corrected chi connectivity index (χ0v) is 18.7. The molecule has 0 fully saturated rings. The maximum absolute atomic E-state index is 5.39. The van der Waals surface area contributed by atoms with Crippen molar-refractivity contribution in [1.82, 2.24) is 20.4 Å². The Kier molecular flexibility index (Phi) is 9.06. The van der Waals surface area contributed by atoms with Gasteiger partial charge in [-0.2, -0.15) is 5.10 Å². The lowest BCUT2D eigenvalue weighted by molar-refractivity contribution is 0.510. The van der Waals surface area contributed by atoms with Gasteiger partial charge < -0.3 is 15.1 Å². The van der Waals surface area contributed by atoms with Crippen LogP contribution in [0.4, 0.5) is 0 Å². The van der Waals surface area contributed by atoms with Crippen LogP contribution in [-0.2, 0) is 19.9 Å². The molecule has 3 aromatic rings. The van der Waals surface area contributed by atoms with Crippen LogP contribution in [0.2, 0.25) is 0 Å². The molecule has 0 aliphatic heterocycles. The number of hydrogen-bond acceptors (Lipinski definition) is 3. The molecule has 2 aromatic heterocycles. The van der Waals surface area contributed by atoms with Crippen molar-refractivity contribution in [2.24, 2.45) is 12.0 Å². The van der Waals surface area contributed by atoms with Gasteiger partial charge in [0, 0.05) is 44.9 Å². The highest BCUT2D eigenvalue weighted by atomic mass is 127. The molecule has 0 spiro atoms. The Labute approximate surface area is 183 Å². The van der Waals surface area contributed by atoms with Crippen LogP contribution in [-0.4, -0.2) is 28.8 Å². The molecule has 0 aliphatic rings. The highest BCUT2D eigenvalue weighted by Crippen LogP contribution is 2.11. The lowest BCUT2D eigenvalue weighted by atomic mass is 10.1. The van der Waals surface area contributed by atoms with Crippen molar-refractivity contribution in [3.8, 4) is 0 Å². The van der Waals surface area contributed by atoms with Gasteiger partial charge in [-0.3, -0.25) is 9.67 Å². The van der Waals surface area contributed by atoms with E-state index in [9.17, 15) is 0 Å². The highest BCUT2D eigenvalue weighted by Gasteiger charge is 2.08. The molecule has 2 N–H and O–H groups in total. The minimum atomic E-state index is 0. The van der Waals surface area contributed by atoms with Crippen LogP contribution in [0, 0.1) is 0 Å².